The van der Waals surface area contributed by atoms with Crippen LogP contribution in [0.15, 0.2) is 46.3 Å². The molecular weight excluding hydrogens is 443 g/mol. The number of amides is 1. The number of hydrogen-bond acceptors (Lipinski definition) is 6. The lowest BCUT2D eigenvalue weighted by molar-refractivity contribution is -0.118. The van der Waals surface area contributed by atoms with Crippen LogP contribution in [0.5, 0.6) is 11.5 Å². The number of rotatable bonds is 8. The topological polar surface area (TPSA) is 52.8 Å². The zero-order chi connectivity index (χ0) is 20.9. The van der Waals surface area contributed by atoms with E-state index in [-0.39, 0.29) is 18.5 Å². The largest absolute Gasteiger partial charge is 0.454 e. The Hall–Kier alpha value is -1.97. The maximum absolute atomic E-state index is 13.0. The summed E-state index contributed by atoms with van der Waals surface area (Å²) in [4.78, 5) is 18.6. The number of halogens is 1. The zero-order valence-corrected chi connectivity index (χ0v) is 18.9. The number of carbonyl (C=O) groups excluding carboxylic acids is 1. The Balaban J connectivity index is 1.46. The number of thiazole rings is 1. The Labute approximate surface area is 186 Å². The van der Waals surface area contributed by atoms with Gasteiger partial charge in [0, 0.05) is 35.7 Å². The highest BCUT2D eigenvalue weighted by Crippen LogP contribution is 2.37. The summed E-state index contributed by atoms with van der Waals surface area (Å²) in [5.74, 6) is 2.81. The van der Waals surface area contributed by atoms with Gasteiger partial charge in [0.1, 0.15) is 5.82 Å². The molecule has 1 aromatic heterocycles. The lowest BCUT2D eigenvalue weighted by Gasteiger charge is -2.04. The summed E-state index contributed by atoms with van der Waals surface area (Å²) in [5, 5.41) is 0. The lowest BCUT2D eigenvalue weighted by atomic mass is 10.3. The van der Waals surface area contributed by atoms with Crippen molar-refractivity contribution >= 4 is 51.0 Å². The highest BCUT2D eigenvalue weighted by Gasteiger charge is 2.18. The lowest BCUT2D eigenvalue weighted by Crippen LogP contribution is -2.18. The second-order valence-corrected chi connectivity index (χ2v) is 9.78. The predicted molar refractivity (Wildman–Crippen MR) is 121 cm³/mol. The van der Waals surface area contributed by atoms with Gasteiger partial charge < -0.3 is 14.0 Å². The van der Waals surface area contributed by atoms with Crippen LogP contribution in [0.1, 0.15) is 12.8 Å². The zero-order valence-electron chi connectivity index (χ0n) is 16.4. The van der Waals surface area contributed by atoms with E-state index in [0.717, 1.165) is 51.1 Å². The van der Waals surface area contributed by atoms with Crippen LogP contribution in [0.2, 0.25) is 0 Å². The van der Waals surface area contributed by atoms with Gasteiger partial charge in [-0.2, -0.15) is 16.8 Å². The molecule has 0 fully saturated rings. The molecule has 30 heavy (non-hydrogen) atoms. The minimum absolute atomic E-state index is 0.126. The average Bonchev–Trinajstić information content (AvgIpc) is 3.32. The van der Waals surface area contributed by atoms with Crippen LogP contribution in [-0.4, -0.2) is 35.0 Å². The van der Waals surface area contributed by atoms with Crippen LogP contribution < -0.4 is 14.3 Å². The van der Waals surface area contributed by atoms with E-state index >= 15 is 0 Å². The number of hydrogen-bond donors (Lipinski definition) is 0. The van der Waals surface area contributed by atoms with E-state index in [2.05, 4.69) is 15.8 Å². The molecule has 0 radical (unpaired) electrons. The van der Waals surface area contributed by atoms with Gasteiger partial charge in [0.2, 0.25) is 12.7 Å². The summed E-state index contributed by atoms with van der Waals surface area (Å²) in [6, 6.07) is 10.3. The molecule has 5 nitrogen and oxygen atoms in total. The minimum atomic E-state index is -0.241. The number of fused-ring (bicyclic) bond motifs is 2. The highest BCUT2D eigenvalue weighted by molar-refractivity contribution is 7.99. The van der Waals surface area contributed by atoms with Crippen molar-refractivity contribution in [1.82, 2.24) is 4.57 Å². The molecule has 0 spiro atoms. The Morgan fingerprint density at radius 3 is 2.73 bits per heavy atom. The third-order valence-electron chi connectivity index (χ3n) is 4.53. The molecule has 0 saturated heterocycles. The molecule has 3 aromatic rings. The molecule has 0 N–H and O–H groups in total. The summed E-state index contributed by atoms with van der Waals surface area (Å²) in [6.07, 6.45) is 3.16. The first kappa shape index (κ1) is 21.3. The van der Waals surface area contributed by atoms with E-state index in [9.17, 15) is 9.18 Å². The second kappa shape index (κ2) is 9.89. The van der Waals surface area contributed by atoms with Crippen molar-refractivity contribution < 1.29 is 18.7 Å². The van der Waals surface area contributed by atoms with Crippen molar-refractivity contribution in [2.75, 3.05) is 24.6 Å². The van der Waals surface area contributed by atoms with E-state index < -0.39 is 0 Å². The van der Waals surface area contributed by atoms with Crippen LogP contribution in [0, 0.1) is 5.82 Å². The third-order valence-corrected chi connectivity index (χ3v) is 7.26. The van der Waals surface area contributed by atoms with Gasteiger partial charge in [-0.05, 0) is 42.7 Å². The van der Waals surface area contributed by atoms with Gasteiger partial charge in [-0.25, -0.2) is 4.39 Å². The van der Waals surface area contributed by atoms with E-state index in [1.165, 1.54) is 23.5 Å². The number of thioether (sulfide) groups is 2. The fourth-order valence-corrected chi connectivity index (χ4v) is 5.35. The molecule has 0 atom stereocenters. The molecule has 0 bridgehead atoms. The van der Waals surface area contributed by atoms with Crippen LogP contribution >= 0.6 is 34.9 Å². The fourth-order valence-electron chi connectivity index (χ4n) is 3.05. The Morgan fingerprint density at radius 1 is 1.20 bits per heavy atom. The first-order chi connectivity index (χ1) is 14.6. The number of nitrogens with zero attached hydrogens (tertiary/aromatic N) is 2. The van der Waals surface area contributed by atoms with E-state index in [4.69, 9.17) is 9.47 Å². The van der Waals surface area contributed by atoms with Gasteiger partial charge in [0.05, 0.1) is 10.2 Å². The number of ether oxygens (including phenoxy) is 2. The second-order valence-electron chi connectivity index (χ2n) is 6.61. The number of benzene rings is 2. The molecule has 9 heteroatoms. The maximum atomic E-state index is 13.0. The molecule has 0 aliphatic carbocycles. The number of aromatic nitrogens is 1. The van der Waals surface area contributed by atoms with Crippen LogP contribution in [0.4, 0.5) is 4.39 Å². The molecule has 0 saturated carbocycles. The van der Waals surface area contributed by atoms with Gasteiger partial charge in [0.15, 0.2) is 16.3 Å². The van der Waals surface area contributed by atoms with Crippen LogP contribution in [0.25, 0.3) is 10.2 Å². The van der Waals surface area contributed by atoms with Gasteiger partial charge in [0.25, 0.3) is 0 Å². The number of aryl methyl sites for hydroxylation is 1. The van der Waals surface area contributed by atoms with Gasteiger partial charge in [-0.3, -0.25) is 4.79 Å². The van der Waals surface area contributed by atoms with Gasteiger partial charge in [-0.15, -0.1) is 11.8 Å². The van der Waals surface area contributed by atoms with E-state index in [0.29, 0.717) is 11.2 Å². The SMILES string of the molecule is CSCCn1c(=NC(=O)CCCSc2ccc(F)cc2)sc2cc3c(cc21)OCO3. The standard InChI is InChI=1S/C21H21FN2O3S3/c1-28-10-8-24-16-11-17-18(27-13-26-17)12-19(16)30-21(24)23-20(25)3-2-9-29-15-6-4-14(22)5-7-15/h4-7,11-12H,2-3,8-10,13H2,1H3. The smallest absolute Gasteiger partial charge is 0.248 e. The number of carbonyl (C=O) groups is 1. The highest BCUT2D eigenvalue weighted by atomic mass is 32.2. The molecule has 2 aromatic carbocycles. The van der Waals surface area contributed by atoms with Crippen LogP contribution in [-0.2, 0) is 11.3 Å². The third kappa shape index (κ3) is 5.01. The van der Waals surface area contributed by atoms with Crippen molar-refractivity contribution in [3.05, 3.63) is 47.0 Å². The molecule has 158 valence electrons. The van der Waals surface area contributed by atoms with Crippen molar-refractivity contribution in [3.8, 4) is 11.5 Å². The summed E-state index contributed by atoms with van der Waals surface area (Å²) in [6.45, 7) is 1.01. The molecular formula is C21H21FN2O3S3. The van der Waals surface area contributed by atoms with Crippen molar-refractivity contribution in [2.45, 2.75) is 24.3 Å². The maximum Gasteiger partial charge on any atom is 0.248 e. The summed E-state index contributed by atoms with van der Waals surface area (Å²) in [5.41, 5.74) is 1.01. The Morgan fingerprint density at radius 2 is 1.97 bits per heavy atom. The van der Waals surface area contributed by atoms with Crippen molar-refractivity contribution in [1.29, 1.82) is 0 Å². The molecule has 1 aliphatic heterocycles. The summed E-state index contributed by atoms with van der Waals surface area (Å²) >= 11 is 4.86. The minimum Gasteiger partial charge on any atom is -0.454 e. The molecule has 1 amide bonds. The first-order valence-electron chi connectivity index (χ1n) is 9.52. The summed E-state index contributed by atoms with van der Waals surface area (Å²) < 4.78 is 27.1. The monoisotopic (exact) mass is 464 g/mol. The average molecular weight is 465 g/mol. The van der Waals surface area contributed by atoms with Gasteiger partial charge >= 0.3 is 0 Å². The fraction of sp³-hybridized carbons (Fsp3) is 0.333. The van der Waals surface area contributed by atoms with E-state index in [1.54, 1.807) is 35.7 Å². The Kier molecular flexibility index (Phi) is 7.01. The molecule has 4 rings (SSSR count). The van der Waals surface area contributed by atoms with Crippen molar-refractivity contribution in [3.63, 3.8) is 0 Å². The van der Waals surface area contributed by atoms with Crippen LogP contribution in [0.3, 0.4) is 0 Å². The summed E-state index contributed by atoms with van der Waals surface area (Å²) in [7, 11) is 0. The predicted octanol–water partition coefficient (Wildman–Crippen LogP) is 4.93. The van der Waals surface area contributed by atoms with Crippen molar-refractivity contribution in [2.24, 2.45) is 4.99 Å². The van der Waals surface area contributed by atoms with Gasteiger partial charge in [-0.1, -0.05) is 11.3 Å². The quantitative estimate of drug-likeness (QED) is 0.349. The molecule has 1 aliphatic rings. The molecule has 2 heterocycles. The Bertz CT molecular complexity index is 1110. The van der Waals surface area contributed by atoms with E-state index in [1.807, 2.05) is 12.1 Å². The molecule has 0 unspecified atom stereocenters. The first-order valence-corrected chi connectivity index (χ1v) is 12.7. The normalized spacial score (nSPS) is 13.3.